The third-order valence-electron chi connectivity index (χ3n) is 3.76. The molecule has 1 aliphatic rings. The van der Waals surface area contributed by atoms with E-state index >= 15 is 0 Å². The van der Waals surface area contributed by atoms with E-state index in [0.717, 1.165) is 37.8 Å². The summed E-state index contributed by atoms with van der Waals surface area (Å²) in [6.45, 7) is 2.04. The van der Waals surface area contributed by atoms with Crippen molar-refractivity contribution in [2.75, 3.05) is 5.73 Å². The van der Waals surface area contributed by atoms with E-state index < -0.39 is 15.8 Å². The highest BCUT2D eigenvalue weighted by atomic mass is 79.9. The van der Waals surface area contributed by atoms with Crippen LogP contribution in [0.2, 0.25) is 0 Å². The molecule has 1 saturated carbocycles. The number of hydrogen-bond donors (Lipinski definition) is 2. The van der Waals surface area contributed by atoms with E-state index in [4.69, 9.17) is 5.73 Å². The predicted octanol–water partition coefficient (Wildman–Crippen LogP) is 3.03. The second-order valence-electron chi connectivity index (χ2n) is 5.29. The van der Waals surface area contributed by atoms with Crippen molar-refractivity contribution in [3.63, 3.8) is 0 Å². The van der Waals surface area contributed by atoms with Crippen LogP contribution in [0.3, 0.4) is 0 Å². The Morgan fingerprint density at radius 1 is 1.35 bits per heavy atom. The molecule has 2 atom stereocenters. The molecule has 0 aromatic heterocycles. The van der Waals surface area contributed by atoms with Crippen molar-refractivity contribution < 1.29 is 12.8 Å². The average molecular weight is 365 g/mol. The first-order valence-corrected chi connectivity index (χ1v) is 8.85. The summed E-state index contributed by atoms with van der Waals surface area (Å²) < 4.78 is 41.0. The molecule has 7 heteroatoms. The lowest BCUT2D eigenvalue weighted by Crippen LogP contribution is -2.41. The second-order valence-corrected chi connectivity index (χ2v) is 7.83. The van der Waals surface area contributed by atoms with Crippen LogP contribution in [0.1, 0.15) is 32.6 Å². The molecule has 2 rings (SSSR count). The van der Waals surface area contributed by atoms with Crippen molar-refractivity contribution >= 4 is 31.6 Å². The summed E-state index contributed by atoms with van der Waals surface area (Å²) in [6.07, 6.45) is 3.99. The van der Waals surface area contributed by atoms with Crippen molar-refractivity contribution in [2.24, 2.45) is 5.92 Å². The Hall–Kier alpha value is -0.660. The largest absolute Gasteiger partial charge is 0.396 e. The molecule has 0 radical (unpaired) electrons. The molecule has 1 fully saturated rings. The van der Waals surface area contributed by atoms with E-state index in [1.165, 1.54) is 0 Å². The van der Waals surface area contributed by atoms with Crippen LogP contribution in [-0.2, 0) is 10.0 Å². The van der Waals surface area contributed by atoms with Gasteiger partial charge in [0.1, 0.15) is 5.82 Å². The van der Waals surface area contributed by atoms with Gasteiger partial charge >= 0.3 is 0 Å². The molecule has 3 N–H and O–H groups in total. The Balaban J connectivity index is 2.28. The third kappa shape index (κ3) is 3.32. The minimum absolute atomic E-state index is 0.0193. The van der Waals surface area contributed by atoms with Crippen molar-refractivity contribution in [3.8, 4) is 0 Å². The van der Waals surface area contributed by atoms with Gasteiger partial charge in [-0.15, -0.1) is 0 Å². The highest BCUT2D eigenvalue weighted by molar-refractivity contribution is 9.10. The fraction of sp³-hybridized carbons (Fsp3) is 0.538. The molecule has 20 heavy (non-hydrogen) atoms. The molecule has 0 saturated heterocycles. The van der Waals surface area contributed by atoms with Crippen LogP contribution in [0.15, 0.2) is 21.5 Å². The molecular weight excluding hydrogens is 347 g/mol. The van der Waals surface area contributed by atoms with E-state index in [1.54, 1.807) is 0 Å². The van der Waals surface area contributed by atoms with Crippen LogP contribution >= 0.6 is 15.9 Å². The SMILES string of the molecule is CC1CCCCC1NS(=O)(=O)c1cc(N)c(F)cc1Br. The Bertz CT molecular complexity index is 607. The van der Waals surface area contributed by atoms with E-state index in [0.29, 0.717) is 5.92 Å². The number of sulfonamides is 1. The Morgan fingerprint density at radius 3 is 2.65 bits per heavy atom. The zero-order valence-electron chi connectivity index (χ0n) is 11.2. The number of nitrogens with one attached hydrogen (secondary N) is 1. The monoisotopic (exact) mass is 364 g/mol. The lowest BCUT2D eigenvalue weighted by molar-refractivity contribution is 0.310. The number of nitrogen functional groups attached to an aromatic ring is 1. The van der Waals surface area contributed by atoms with Gasteiger partial charge in [-0.1, -0.05) is 19.8 Å². The van der Waals surface area contributed by atoms with Gasteiger partial charge in [0, 0.05) is 10.5 Å². The Labute approximate surface area is 127 Å². The molecule has 0 bridgehead atoms. The van der Waals surface area contributed by atoms with Gasteiger partial charge in [-0.25, -0.2) is 17.5 Å². The van der Waals surface area contributed by atoms with E-state index in [2.05, 4.69) is 20.7 Å². The summed E-state index contributed by atoms with van der Waals surface area (Å²) >= 11 is 3.08. The van der Waals surface area contributed by atoms with Crippen LogP contribution in [0.4, 0.5) is 10.1 Å². The second kappa shape index (κ2) is 5.99. The van der Waals surface area contributed by atoms with E-state index in [9.17, 15) is 12.8 Å². The first-order valence-electron chi connectivity index (χ1n) is 6.58. The van der Waals surface area contributed by atoms with Crippen LogP contribution < -0.4 is 10.5 Å². The highest BCUT2D eigenvalue weighted by Crippen LogP contribution is 2.29. The van der Waals surface area contributed by atoms with Gasteiger partial charge < -0.3 is 5.73 Å². The number of anilines is 1. The van der Waals surface area contributed by atoms with Crippen molar-refractivity contribution in [1.29, 1.82) is 0 Å². The molecule has 0 amide bonds. The van der Waals surface area contributed by atoms with E-state index in [-0.39, 0.29) is 21.1 Å². The minimum Gasteiger partial charge on any atom is -0.396 e. The maximum atomic E-state index is 13.3. The fourth-order valence-corrected chi connectivity index (χ4v) is 4.93. The summed E-state index contributed by atoms with van der Waals surface area (Å²) in [6, 6.07) is 2.15. The summed E-state index contributed by atoms with van der Waals surface area (Å²) in [5.41, 5.74) is 5.28. The maximum Gasteiger partial charge on any atom is 0.242 e. The smallest absolute Gasteiger partial charge is 0.242 e. The Morgan fingerprint density at radius 2 is 2.00 bits per heavy atom. The molecule has 112 valence electrons. The van der Waals surface area contributed by atoms with Crippen LogP contribution in [0.5, 0.6) is 0 Å². The highest BCUT2D eigenvalue weighted by Gasteiger charge is 2.28. The molecule has 1 aromatic rings. The molecule has 0 heterocycles. The number of nitrogens with two attached hydrogens (primary N) is 1. The van der Waals surface area contributed by atoms with Gasteiger partial charge in [-0.05, 0) is 46.8 Å². The molecule has 1 aromatic carbocycles. The first-order chi connectivity index (χ1) is 9.31. The van der Waals surface area contributed by atoms with E-state index in [1.807, 2.05) is 6.92 Å². The molecule has 2 unspecified atom stereocenters. The standard InChI is InChI=1S/C13H18BrFN2O2S/c1-8-4-2-3-5-12(8)17-20(18,19)13-7-11(16)10(15)6-9(13)14/h6-8,12,17H,2-5,16H2,1H3. The minimum atomic E-state index is -3.71. The number of halogens is 2. The fourth-order valence-electron chi connectivity index (χ4n) is 2.50. The normalized spacial score (nSPS) is 23.8. The van der Waals surface area contributed by atoms with Crippen LogP contribution in [-0.4, -0.2) is 14.5 Å². The summed E-state index contributed by atoms with van der Waals surface area (Å²) in [5.74, 6) is -0.336. The topological polar surface area (TPSA) is 72.2 Å². The lowest BCUT2D eigenvalue weighted by atomic mass is 9.87. The van der Waals surface area contributed by atoms with Crippen LogP contribution in [0, 0.1) is 11.7 Å². The van der Waals surface area contributed by atoms with Gasteiger partial charge in [0.05, 0.1) is 10.6 Å². The van der Waals surface area contributed by atoms with Gasteiger partial charge in [0.15, 0.2) is 0 Å². The third-order valence-corrected chi connectivity index (χ3v) is 6.21. The predicted molar refractivity (Wildman–Crippen MR) is 80.3 cm³/mol. The molecule has 0 spiro atoms. The summed E-state index contributed by atoms with van der Waals surface area (Å²) in [4.78, 5) is -0.0193. The van der Waals surface area contributed by atoms with Gasteiger partial charge in [0.25, 0.3) is 0 Å². The first kappa shape index (κ1) is 15.7. The van der Waals surface area contributed by atoms with Gasteiger partial charge in [0.2, 0.25) is 10.0 Å². The number of rotatable bonds is 3. The molecular formula is C13H18BrFN2O2S. The quantitative estimate of drug-likeness (QED) is 0.809. The Kier molecular flexibility index (Phi) is 4.71. The number of benzene rings is 1. The van der Waals surface area contributed by atoms with Crippen molar-refractivity contribution in [2.45, 2.75) is 43.5 Å². The van der Waals surface area contributed by atoms with Gasteiger partial charge in [-0.2, -0.15) is 0 Å². The maximum absolute atomic E-state index is 13.3. The summed E-state index contributed by atoms with van der Waals surface area (Å²) in [7, 11) is -3.71. The van der Waals surface area contributed by atoms with Crippen molar-refractivity contribution in [3.05, 3.63) is 22.4 Å². The molecule has 4 nitrogen and oxygen atoms in total. The zero-order chi connectivity index (χ0) is 14.9. The number of hydrogen-bond acceptors (Lipinski definition) is 3. The van der Waals surface area contributed by atoms with Crippen molar-refractivity contribution in [1.82, 2.24) is 4.72 Å². The zero-order valence-corrected chi connectivity index (χ0v) is 13.6. The molecule has 1 aliphatic carbocycles. The molecule has 0 aliphatic heterocycles. The average Bonchev–Trinajstić information content (AvgIpc) is 2.36. The lowest BCUT2D eigenvalue weighted by Gasteiger charge is -2.29. The summed E-state index contributed by atoms with van der Waals surface area (Å²) in [5, 5.41) is 0. The van der Waals surface area contributed by atoms with Gasteiger partial charge in [-0.3, -0.25) is 0 Å². The van der Waals surface area contributed by atoms with Crippen LogP contribution in [0.25, 0.3) is 0 Å².